The summed E-state index contributed by atoms with van der Waals surface area (Å²) in [5.41, 5.74) is 2.82. The van der Waals surface area contributed by atoms with Crippen molar-refractivity contribution >= 4 is 5.97 Å². The molecule has 1 aromatic rings. The Labute approximate surface area is 99.6 Å². The smallest absolute Gasteiger partial charge is 0.325 e. The van der Waals surface area contributed by atoms with E-state index in [9.17, 15) is 4.79 Å². The molecule has 2 heterocycles. The molecule has 0 saturated carbocycles. The molecule has 94 valence electrons. The second-order valence-corrected chi connectivity index (χ2v) is 4.22. The number of aliphatic carboxylic acids is 1. The molecule has 1 fully saturated rings. The van der Waals surface area contributed by atoms with Crippen molar-refractivity contribution < 1.29 is 14.6 Å². The number of aromatic nitrogens is 2. The van der Waals surface area contributed by atoms with E-state index >= 15 is 0 Å². The molecule has 0 amide bonds. The van der Waals surface area contributed by atoms with Gasteiger partial charge in [-0.15, -0.1) is 0 Å². The first-order chi connectivity index (χ1) is 8.09. The summed E-state index contributed by atoms with van der Waals surface area (Å²) in [4.78, 5) is 10.7. The highest BCUT2D eigenvalue weighted by Crippen LogP contribution is 2.23. The van der Waals surface area contributed by atoms with Crippen LogP contribution in [-0.2, 0) is 16.1 Å². The lowest BCUT2D eigenvalue weighted by Crippen LogP contribution is -2.35. The van der Waals surface area contributed by atoms with Gasteiger partial charge >= 0.3 is 5.97 Å². The van der Waals surface area contributed by atoms with Crippen LogP contribution < -0.4 is 5.32 Å². The average Bonchev–Trinajstić information content (AvgIpc) is 2.54. The number of carbonyl (C=O) groups is 1. The van der Waals surface area contributed by atoms with E-state index in [1.807, 2.05) is 13.8 Å². The van der Waals surface area contributed by atoms with Crippen molar-refractivity contribution in [2.24, 2.45) is 0 Å². The van der Waals surface area contributed by atoms with Crippen LogP contribution in [0.15, 0.2) is 0 Å². The van der Waals surface area contributed by atoms with Gasteiger partial charge < -0.3 is 15.2 Å². The summed E-state index contributed by atoms with van der Waals surface area (Å²) < 4.78 is 6.95. The van der Waals surface area contributed by atoms with Gasteiger partial charge in [-0.2, -0.15) is 5.10 Å². The first-order valence-corrected chi connectivity index (χ1v) is 5.66. The van der Waals surface area contributed by atoms with Crippen molar-refractivity contribution in [3.63, 3.8) is 0 Å². The number of carboxylic acid groups (broad SMARTS) is 1. The number of nitrogens with zero attached hydrogens (tertiary/aromatic N) is 2. The van der Waals surface area contributed by atoms with Crippen LogP contribution in [0.2, 0.25) is 0 Å². The van der Waals surface area contributed by atoms with Crippen LogP contribution in [-0.4, -0.2) is 40.6 Å². The molecule has 0 radical (unpaired) electrons. The van der Waals surface area contributed by atoms with E-state index in [0.717, 1.165) is 30.1 Å². The number of carboxylic acids is 1. The van der Waals surface area contributed by atoms with E-state index in [2.05, 4.69) is 10.4 Å². The van der Waals surface area contributed by atoms with Crippen LogP contribution in [0.25, 0.3) is 0 Å². The van der Waals surface area contributed by atoms with Gasteiger partial charge in [-0.25, -0.2) is 0 Å². The Hall–Kier alpha value is -1.40. The fourth-order valence-corrected chi connectivity index (χ4v) is 2.25. The fourth-order valence-electron chi connectivity index (χ4n) is 2.25. The maximum absolute atomic E-state index is 10.7. The van der Waals surface area contributed by atoms with Crippen LogP contribution in [0.4, 0.5) is 0 Å². The lowest BCUT2D eigenvalue weighted by atomic mass is 10.0. The molecule has 6 heteroatoms. The van der Waals surface area contributed by atoms with Crippen molar-refractivity contribution in [2.75, 3.05) is 19.8 Å². The highest BCUT2D eigenvalue weighted by molar-refractivity contribution is 5.66. The highest BCUT2D eigenvalue weighted by Gasteiger charge is 2.23. The zero-order chi connectivity index (χ0) is 12.4. The number of hydrogen-bond donors (Lipinski definition) is 2. The first kappa shape index (κ1) is 12.1. The number of rotatable bonds is 3. The molecule has 1 aromatic heterocycles. The summed E-state index contributed by atoms with van der Waals surface area (Å²) in [7, 11) is 0. The van der Waals surface area contributed by atoms with Crippen LogP contribution >= 0.6 is 0 Å². The summed E-state index contributed by atoms with van der Waals surface area (Å²) in [6, 6.07) is 0.117. The molecule has 1 saturated heterocycles. The van der Waals surface area contributed by atoms with E-state index in [-0.39, 0.29) is 12.6 Å². The Bertz CT molecular complexity index is 422. The molecule has 0 aliphatic carbocycles. The topological polar surface area (TPSA) is 76.4 Å². The lowest BCUT2D eigenvalue weighted by Gasteiger charge is -2.24. The van der Waals surface area contributed by atoms with E-state index in [0.29, 0.717) is 6.61 Å². The Morgan fingerprint density at radius 2 is 2.41 bits per heavy atom. The quantitative estimate of drug-likeness (QED) is 0.790. The van der Waals surface area contributed by atoms with Gasteiger partial charge in [-0.05, 0) is 13.8 Å². The summed E-state index contributed by atoms with van der Waals surface area (Å²) in [6.45, 7) is 5.84. The molecule has 1 aliphatic rings. The standard InChI is InChI=1S/C11H17N3O3/c1-7-11(9-6-17-4-3-12-9)8(2)14(13-7)5-10(15)16/h9,12H,3-6H2,1-2H3,(H,15,16). The summed E-state index contributed by atoms with van der Waals surface area (Å²) >= 11 is 0. The predicted molar refractivity (Wildman–Crippen MR) is 60.9 cm³/mol. The van der Waals surface area contributed by atoms with Gasteiger partial charge in [0.25, 0.3) is 0 Å². The van der Waals surface area contributed by atoms with Crippen LogP contribution in [0, 0.1) is 13.8 Å². The number of morpholine rings is 1. The van der Waals surface area contributed by atoms with Crippen molar-refractivity contribution in [3.05, 3.63) is 17.0 Å². The number of nitrogens with one attached hydrogen (secondary N) is 1. The third kappa shape index (κ3) is 2.48. The second-order valence-electron chi connectivity index (χ2n) is 4.22. The molecular formula is C11H17N3O3. The monoisotopic (exact) mass is 239 g/mol. The Morgan fingerprint density at radius 3 is 3.00 bits per heavy atom. The zero-order valence-electron chi connectivity index (χ0n) is 10.1. The molecule has 1 atom stereocenters. The van der Waals surface area contributed by atoms with E-state index in [1.54, 1.807) is 0 Å². The average molecular weight is 239 g/mol. The van der Waals surface area contributed by atoms with Gasteiger partial charge in [-0.1, -0.05) is 0 Å². The summed E-state index contributed by atoms with van der Waals surface area (Å²) in [5, 5.41) is 16.4. The minimum absolute atomic E-state index is 0.0970. The van der Waals surface area contributed by atoms with Crippen LogP contribution in [0.3, 0.4) is 0 Å². The first-order valence-electron chi connectivity index (χ1n) is 5.66. The van der Waals surface area contributed by atoms with Gasteiger partial charge in [0.1, 0.15) is 6.54 Å². The molecule has 0 aromatic carbocycles. The third-order valence-corrected chi connectivity index (χ3v) is 2.99. The molecule has 0 spiro atoms. The number of ether oxygens (including phenoxy) is 1. The van der Waals surface area contributed by atoms with Gasteiger partial charge in [0.2, 0.25) is 0 Å². The second kappa shape index (κ2) is 4.85. The van der Waals surface area contributed by atoms with Gasteiger partial charge in [0, 0.05) is 17.8 Å². The Balaban J connectivity index is 2.26. The molecule has 6 nitrogen and oxygen atoms in total. The van der Waals surface area contributed by atoms with E-state index in [1.165, 1.54) is 4.68 Å². The summed E-state index contributed by atoms with van der Waals surface area (Å²) in [5.74, 6) is -0.880. The molecule has 0 bridgehead atoms. The third-order valence-electron chi connectivity index (χ3n) is 2.99. The Kier molecular flexibility index (Phi) is 3.44. The molecule has 1 aliphatic heterocycles. The molecule has 17 heavy (non-hydrogen) atoms. The van der Waals surface area contributed by atoms with Crippen molar-refractivity contribution in [2.45, 2.75) is 26.4 Å². The largest absolute Gasteiger partial charge is 0.480 e. The maximum Gasteiger partial charge on any atom is 0.325 e. The van der Waals surface area contributed by atoms with Gasteiger partial charge in [0.15, 0.2) is 0 Å². The van der Waals surface area contributed by atoms with Crippen LogP contribution in [0.1, 0.15) is 23.0 Å². The minimum atomic E-state index is -0.880. The predicted octanol–water partition coefficient (Wildman–Crippen LogP) is 0.245. The highest BCUT2D eigenvalue weighted by atomic mass is 16.5. The van der Waals surface area contributed by atoms with E-state index < -0.39 is 5.97 Å². The molecule has 2 N–H and O–H groups in total. The Morgan fingerprint density at radius 1 is 1.65 bits per heavy atom. The van der Waals surface area contributed by atoms with Gasteiger partial charge in [-0.3, -0.25) is 9.48 Å². The molecule has 2 rings (SSSR count). The minimum Gasteiger partial charge on any atom is -0.480 e. The molecule has 1 unspecified atom stereocenters. The number of aryl methyl sites for hydroxylation is 1. The number of hydrogen-bond acceptors (Lipinski definition) is 4. The zero-order valence-corrected chi connectivity index (χ0v) is 10.1. The molecular weight excluding hydrogens is 222 g/mol. The lowest BCUT2D eigenvalue weighted by molar-refractivity contribution is -0.137. The maximum atomic E-state index is 10.7. The van der Waals surface area contributed by atoms with E-state index in [4.69, 9.17) is 9.84 Å². The van der Waals surface area contributed by atoms with Crippen LogP contribution in [0.5, 0.6) is 0 Å². The SMILES string of the molecule is Cc1nn(CC(=O)O)c(C)c1C1COCCN1. The van der Waals surface area contributed by atoms with Crippen molar-refractivity contribution in [1.82, 2.24) is 15.1 Å². The normalized spacial score (nSPS) is 20.5. The summed E-state index contributed by atoms with van der Waals surface area (Å²) in [6.07, 6.45) is 0. The fraction of sp³-hybridized carbons (Fsp3) is 0.636. The van der Waals surface area contributed by atoms with Gasteiger partial charge in [0.05, 0.1) is 24.9 Å². The van der Waals surface area contributed by atoms with Crippen molar-refractivity contribution in [1.29, 1.82) is 0 Å². The van der Waals surface area contributed by atoms with Crippen molar-refractivity contribution in [3.8, 4) is 0 Å².